The highest BCUT2D eigenvalue weighted by atomic mass is 35.5. The fourth-order valence-corrected chi connectivity index (χ4v) is 3.96. The number of nitrogen functional groups attached to an aromatic ring is 2. The van der Waals surface area contributed by atoms with E-state index in [9.17, 15) is 4.79 Å². The molecule has 0 saturated heterocycles. The van der Waals surface area contributed by atoms with Gasteiger partial charge >= 0.3 is 0 Å². The van der Waals surface area contributed by atoms with Crippen LogP contribution >= 0.6 is 23.2 Å². The molecule has 10 heteroatoms. The van der Waals surface area contributed by atoms with Gasteiger partial charge in [-0.15, -0.1) is 0 Å². The van der Waals surface area contributed by atoms with Crippen LogP contribution in [0, 0.1) is 0 Å². The molecular formula is C30H26Cl2N4O4. The number of phenols is 1. The lowest BCUT2D eigenvalue weighted by molar-refractivity contribution is 0.0958. The highest BCUT2D eigenvalue weighted by Crippen LogP contribution is 2.35. The van der Waals surface area contributed by atoms with Gasteiger partial charge in [0.15, 0.2) is 0 Å². The number of rotatable bonds is 6. The van der Waals surface area contributed by atoms with Crippen LogP contribution in [0.4, 0.5) is 11.4 Å². The van der Waals surface area contributed by atoms with Crippen LogP contribution in [0.1, 0.15) is 15.9 Å². The number of hydrogen-bond acceptors (Lipinski definition) is 7. The summed E-state index contributed by atoms with van der Waals surface area (Å²) in [6.45, 7) is 0.330. The highest BCUT2D eigenvalue weighted by molar-refractivity contribution is 6.33. The van der Waals surface area contributed by atoms with E-state index in [2.05, 4.69) is 10.3 Å². The third-order valence-corrected chi connectivity index (χ3v) is 6.35. The van der Waals surface area contributed by atoms with Crippen LogP contribution in [-0.4, -0.2) is 23.0 Å². The lowest BCUT2D eigenvalue weighted by Gasteiger charge is -2.14. The summed E-state index contributed by atoms with van der Waals surface area (Å²) in [4.78, 5) is 17.0. The zero-order valence-corrected chi connectivity index (χ0v) is 22.9. The van der Waals surface area contributed by atoms with Crippen LogP contribution in [0.15, 0.2) is 91.1 Å². The Balaban J connectivity index is 0.000000350. The molecule has 5 rings (SSSR count). The zero-order chi connectivity index (χ0) is 28.6. The number of carbonyl (C=O) groups excluding carboxylic acids is 1. The van der Waals surface area contributed by atoms with E-state index in [-0.39, 0.29) is 11.7 Å². The number of hydrogen-bond donors (Lipinski definition) is 4. The second-order valence-corrected chi connectivity index (χ2v) is 9.33. The molecule has 0 saturated carbocycles. The molecule has 5 aromatic rings. The monoisotopic (exact) mass is 576 g/mol. The van der Waals surface area contributed by atoms with E-state index >= 15 is 0 Å². The van der Waals surface area contributed by atoms with Crippen LogP contribution in [0.5, 0.6) is 23.0 Å². The second kappa shape index (κ2) is 12.9. The quantitative estimate of drug-likeness (QED) is 0.128. The van der Waals surface area contributed by atoms with Gasteiger partial charge in [0.05, 0.1) is 32.5 Å². The standard InChI is InChI=1S/C24H20ClN3O3.C6H6ClNO/c1-27-24(29)18-12-17-21(13-23(18)30-14-15-5-3-2-4-6-15)28-10-9-22(17)31-16-7-8-20(26)19(25)11-16;7-5-3-4(9)1-2-6(5)8/h2-13H,14,26H2,1H3,(H,27,29);1-3,9H,8H2. The number of pyridine rings is 1. The number of fused-ring (bicyclic) bond motifs is 1. The number of amides is 1. The van der Waals surface area contributed by atoms with Crippen LogP contribution < -0.4 is 26.3 Å². The largest absolute Gasteiger partial charge is 0.508 e. The number of anilines is 2. The molecule has 40 heavy (non-hydrogen) atoms. The summed E-state index contributed by atoms with van der Waals surface area (Å²) in [6.07, 6.45) is 1.64. The lowest BCUT2D eigenvalue weighted by atomic mass is 10.1. The summed E-state index contributed by atoms with van der Waals surface area (Å²) in [7, 11) is 1.57. The molecule has 1 amide bonds. The first-order valence-corrected chi connectivity index (χ1v) is 12.8. The Hall–Kier alpha value is -4.66. The molecule has 0 unspecified atom stereocenters. The van der Waals surface area contributed by atoms with E-state index in [0.29, 0.717) is 61.7 Å². The number of phenolic OH excluding ortho intramolecular Hbond substituents is 1. The van der Waals surface area contributed by atoms with Crippen molar-refractivity contribution >= 4 is 51.4 Å². The minimum atomic E-state index is -0.268. The number of benzene rings is 4. The van der Waals surface area contributed by atoms with Crippen molar-refractivity contribution in [2.75, 3.05) is 18.5 Å². The van der Waals surface area contributed by atoms with E-state index in [1.54, 1.807) is 55.7 Å². The van der Waals surface area contributed by atoms with Gasteiger partial charge in [0.25, 0.3) is 5.91 Å². The molecular weight excluding hydrogens is 551 g/mol. The number of aromatic hydroxyl groups is 1. The predicted molar refractivity (Wildman–Crippen MR) is 159 cm³/mol. The topological polar surface area (TPSA) is 133 Å². The maximum Gasteiger partial charge on any atom is 0.254 e. The van der Waals surface area contributed by atoms with Gasteiger partial charge in [-0.1, -0.05) is 53.5 Å². The number of nitrogens with zero attached hydrogens (tertiary/aromatic N) is 1. The Bertz CT molecular complexity index is 1650. The first kappa shape index (κ1) is 28.4. The smallest absolute Gasteiger partial charge is 0.254 e. The van der Waals surface area contributed by atoms with Crippen molar-refractivity contribution in [3.63, 3.8) is 0 Å². The predicted octanol–water partition coefficient (Wildman–Crippen LogP) is 6.83. The molecule has 8 nitrogen and oxygen atoms in total. The van der Waals surface area contributed by atoms with Crippen LogP contribution in [0.25, 0.3) is 10.9 Å². The van der Waals surface area contributed by atoms with Crippen molar-refractivity contribution in [2.24, 2.45) is 0 Å². The van der Waals surface area contributed by atoms with E-state index in [0.717, 1.165) is 5.56 Å². The number of halogens is 2. The minimum absolute atomic E-state index is 0.134. The molecule has 6 N–H and O–H groups in total. The average Bonchev–Trinajstić information content (AvgIpc) is 2.96. The molecule has 0 radical (unpaired) electrons. The van der Waals surface area contributed by atoms with Crippen molar-refractivity contribution < 1.29 is 19.4 Å². The van der Waals surface area contributed by atoms with Crippen molar-refractivity contribution in [1.29, 1.82) is 0 Å². The molecule has 0 bridgehead atoms. The molecule has 204 valence electrons. The van der Waals surface area contributed by atoms with Crippen LogP contribution in [0.2, 0.25) is 10.0 Å². The van der Waals surface area contributed by atoms with Crippen LogP contribution in [0.3, 0.4) is 0 Å². The maximum atomic E-state index is 12.6. The van der Waals surface area contributed by atoms with E-state index in [1.807, 2.05) is 30.3 Å². The molecule has 0 spiro atoms. The van der Waals surface area contributed by atoms with Gasteiger partial charge < -0.3 is 31.4 Å². The molecule has 0 fully saturated rings. The lowest BCUT2D eigenvalue weighted by Crippen LogP contribution is -2.19. The Labute approximate surface area is 241 Å². The van der Waals surface area contributed by atoms with Gasteiger partial charge in [0, 0.05) is 36.8 Å². The van der Waals surface area contributed by atoms with Crippen molar-refractivity contribution in [3.05, 3.63) is 112 Å². The molecule has 0 aliphatic carbocycles. The van der Waals surface area contributed by atoms with Crippen molar-refractivity contribution in [3.8, 4) is 23.0 Å². The second-order valence-electron chi connectivity index (χ2n) is 8.52. The fraction of sp³-hybridized carbons (Fsp3) is 0.0667. The number of aromatic nitrogens is 1. The molecule has 1 heterocycles. The van der Waals surface area contributed by atoms with E-state index in [4.69, 9.17) is 49.2 Å². The van der Waals surface area contributed by atoms with E-state index < -0.39 is 0 Å². The minimum Gasteiger partial charge on any atom is -0.508 e. The molecule has 0 aliphatic rings. The molecule has 4 aromatic carbocycles. The third kappa shape index (κ3) is 7.05. The van der Waals surface area contributed by atoms with Crippen molar-refractivity contribution in [1.82, 2.24) is 10.3 Å². The zero-order valence-electron chi connectivity index (χ0n) is 21.4. The first-order chi connectivity index (χ1) is 19.2. The molecule has 0 atom stereocenters. The third-order valence-electron chi connectivity index (χ3n) is 5.70. The van der Waals surface area contributed by atoms with Gasteiger partial charge in [-0.05, 0) is 42.0 Å². The van der Waals surface area contributed by atoms with Gasteiger partial charge in [0.1, 0.15) is 29.6 Å². The average molecular weight is 577 g/mol. The fourth-order valence-electron chi connectivity index (χ4n) is 3.62. The van der Waals surface area contributed by atoms with E-state index in [1.165, 1.54) is 12.1 Å². The normalized spacial score (nSPS) is 10.4. The van der Waals surface area contributed by atoms with Gasteiger partial charge in [-0.3, -0.25) is 9.78 Å². The summed E-state index contributed by atoms with van der Waals surface area (Å²) < 4.78 is 12.0. The molecule has 0 aliphatic heterocycles. The Morgan fingerprint density at radius 3 is 2.25 bits per heavy atom. The summed E-state index contributed by atoms with van der Waals surface area (Å²) in [5.41, 5.74) is 14.1. The van der Waals surface area contributed by atoms with Crippen LogP contribution in [-0.2, 0) is 6.61 Å². The van der Waals surface area contributed by atoms with Gasteiger partial charge in [0.2, 0.25) is 0 Å². The number of carbonyl (C=O) groups is 1. The maximum absolute atomic E-state index is 12.6. The SMILES string of the molecule is CNC(=O)c1cc2c(Oc3ccc(N)c(Cl)c3)ccnc2cc1OCc1ccccc1.Nc1ccc(O)cc1Cl. The number of nitrogens with two attached hydrogens (primary N) is 2. The van der Waals surface area contributed by atoms with Gasteiger partial charge in [-0.2, -0.15) is 0 Å². The Morgan fingerprint density at radius 2 is 1.60 bits per heavy atom. The summed E-state index contributed by atoms with van der Waals surface area (Å²) >= 11 is 11.6. The summed E-state index contributed by atoms with van der Waals surface area (Å²) in [5.74, 6) is 1.36. The summed E-state index contributed by atoms with van der Waals surface area (Å²) in [6, 6.07) is 24.4. The first-order valence-electron chi connectivity index (χ1n) is 12.0. The Kier molecular flexibility index (Phi) is 9.16. The highest BCUT2D eigenvalue weighted by Gasteiger charge is 2.16. The number of nitrogens with one attached hydrogen (secondary N) is 1. The van der Waals surface area contributed by atoms with Crippen molar-refractivity contribution in [2.45, 2.75) is 6.61 Å². The molecule has 1 aromatic heterocycles. The number of ether oxygens (including phenoxy) is 2. The Morgan fingerprint density at radius 1 is 0.900 bits per heavy atom. The van der Waals surface area contributed by atoms with Gasteiger partial charge in [-0.25, -0.2) is 0 Å². The summed E-state index contributed by atoms with van der Waals surface area (Å²) in [5, 5.41) is 12.9.